The van der Waals surface area contributed by atoms with Gasteiger partial charge in [0, 0.05) is 36.4 Å². The Morgan fingerprint density at radius 2 is 0.791 bits per heavy atom. The summed E-state index contributed by atoms with van der Waals surface area (Å²) in [4.78, 5) is 9.96. The molecule has 316 valence electrons. The molecule has 0 atom stereocenters. The molecule has 0 fully saturated rings. The second-order valence-corrected chi connectivity index (χ2v) is 20.6. The maximum absolute atomic E-state index is 2.49. The molecular weight excluding hydrogens is 849 g/mol. The molecule has 0 saturated carbocycles. The smallest absolute Gasteiger partial charge is 0.0601 e. The molecule has 0 amide bonds. The van der Waals surface area contributed by atoms with E-state index < -0.39 is 0 Å². The van der Waals surface area contributed by atoms with Crippen LogP contribution in [0.1, 0.15) is 25.0 Å². The fourth-order valence-corrected chi connectivity index (χ4v) is 13.5. The summed E-state index contributed by atoms with van der Waals surface area (Å²) in [6.07, 6.45) is 0. The van der Waals surface area contributed by atoms with Gasteiger partial charge in [-0.2, -0.15) is 0 Å². The Bertz CT molecular complexity index is 3790. The van der Waals surface area contributed by atoms with Crippen molar-refractivity contribution >= 4 is 90.0 Å². The zero-order chi connectivity index (χ0) is 44.4. The van der Waals surface area contributed by atoms with Gasteiger partial charge in [0.2, 0.25) is 0 Å². The van der Waals surface area contributed by atoms with Crippen LogP contribution < -0.4 is 9.80 Å². The highest BCUT2D eigenvalue weighted by atomic mass is 32.2. The van der Waals surface area contributed by atoms with E-state index in [9.17, 15) is 0 Å². The topological polar surface area (TPSA) is 6.48 Å². The first-order valence-corrected chi connectivity index (χ1v) is 24.7. The fourth-order valence-electron chi connectivity index (χ4n) is 11.4. The highest BCUT2D eigenvalue weighted by Crippen LogP contribution is 2.58. The normalized spacial score (nSPS) is 14.1. The number of hydrogen-bond acceptors (Lipinski definition) is 4. The third-order valence-corrected chi connectivity index (χ3v) is 16.6. The van der Waals surface area contributed by atoms with Crippen molar-refractivity contribution in [3.63, 3.8) is 0 Å². The molecule has 2 aliphatic heterocycles. The van der Waals surface area contributed by atoms with Crippen molar-refractivity contribution in [2.24, 2.45) is 0 Å². The van der Waals surface area contributed by atoms with E-state index in [0.29, 0.717) is 0 Å². The number of hydrogen-bond donors (Lipinski definition) is 0. The summed E-state index contributed by atoms with van der Waals surface area (Å²) in [7, 11) is 0. The molecule has 0 bridgehead atoms. The molecule has 0 unspecified atom stereocenters. The van der Waals surface area contributed by atoms with Crippen LogP contribution in [-0.4, -0.2) is 0 Å². The Labute approximate surface area is 399 Å². The number of fused-ring (bicyclic) bond motifs is 10. The summed E-state index contributed by atoms with van der Waals surface area (Å²) < 4.78 is 0. The first-order valence-electron chi connectivity index (χ1n) is 23.1. The molecule has 0 saturated heterocycles. The summed E-state index contributed by atoms with van der Waals surface area (Å²) in [5.74, 6) is 0. The average molecular weight is 891 g/mol. The van der Waals surface area contributed by atoms with Gasteiger partial charge in [-0.25, -0.2) is 0 Å². The summed E-state index contributed by atoms with van der Waals surface area (Å²) in [6, 6.07) is 81.8. The second-order valence-electron chi connectivity index (χ2n) is 18.4. The molecule has 0 radical (unpaired) electrons. The Kier molecular flexibility index (Phi) is 8.53. The molecule has 1 aliphatic carbocycles. The van der Waals surface area contributed by atoms with Gasteiger partial charge in [0.1, 0.15) is 0 Å². The number of para-hydroxylation sites is 4. The van der Waals surface area contributed by atoms with Crippen LogP contribution >= 0.6 is 23.5 Å². The zero-order valence-corrected chi connectivity index (χ0v) is 38.6. The monoisotopic (exact) mass is 890 g/mol. The quantitative estimate of drug-likeness (QED) is 0.162. The zero-order valence-electron chi connectivity index (χ0n) is 37.0. The molecule has 0 aromatic heterocycles. The maximum atomic E-state index is 2.49. The van der Waals surface area contributed by atoms with Crippen molar-refractivity contribution in [2.45, 2.75) is 38.8 Å². The van der Waals surface area contributed by atoms with Crippen molar-refractivity contribution in [3.8, 4) is 33.4 Å². The Balaban J connectivity index is 1.13. The maximum Gasteiger partial charge on any atom is 0.0601 e. The van der Waals surface area contributed by atoms with Crippen molar-refractivity contribution in [3.05, 3.63) is 230 Å². The SMILES string of the molecule is CC1(C)c2ccccc2-c2c(-c3c4ccc(N5c6ccccc6Sc6ccccc65)cc4c(-c4ccc5ccccc5c4)c4ccc(N5c6ccccc6Sc6ccccc65)cc34)cccc21. The molecule has 14 rings (SSSR count). The minimum atomic E-state index is -0.150. The molecular formula is C63H42N2S2. The molecule has 0 spiro atoms. The minimum Gasteiger partial charge on any atom is -0.308 e. The van der Waals surface area contributed by atoms with Gasteiger partial charge < -0.3 is 9.80 Å². The van der Waals surface area contributed by atoms with Crippen molar-refractivity contribution < 1.29 is 0 Å². The van der Waals surface area contributed by atoms with Crippen LogP contribution in [0.3, 0.4) is 0 Å². The third kappa shape index (κ3) is 5.80. The van der Waals surface area contributed by atoms with Crippen LogP contribution in [0.4, 0.5) is 34.1 Å². The van der Waals surface area contributed by atoms with Gasteiger partial charge in [0.15, 0.2) is 0 Å². The molecule has 11 aromatic rings. The highest BCUT2D eigenvalue weighted by molar-refractivity contribution is 8.00. The van der Waals surface area contributed by atoms with Gasteiger partial charge in [-0.3, -0.25) is 0 Å². The number of anilines is 6. The van der Waals surface area contributed by atoms with Crippen LogP contribution in [0, 0.1) is 0 Å². The van der Waals surface area contributed by atoms with Gasteiger partial charge in [-0.1, -0.05) is 177 Å². The van der Waals surface area contributed by atoms with E-state index >= 15 is 0 Å². The summed E-state index contributed by atoms with van der Waals surface area (Å²) in [5.41, 5.74) is 17.3. The molecule has 3 aliphatic rings. The predicted octanol–water partition coefficient (Wildman–Crippen LogP) is 18.7. The fraction of sp³-hybridized carbons (Fsp3) is 0.0476. The third-order valence-electron chi connectivity index (χ3n) is 14.4. The van der Waals surface area contributed by atoms with Crippen molar-refractivity contribution in [1.82, 2.24) is 0 Å². The highest BCUT2D eigenvalue weighted by Gasteiger charge is 2.37. The van der Waals surface area contributed by atoms with Gasteiger partial charge in [-0.15, -0.1) is 0 Å². The summed E-state index contributed by atoms with van der Waals surface area (Å²) in [5, 5.41) is 7.38. The number of benzene rings is 11. The lowest BCUT2D eigenvalue weighted by atomic mass is 9.80. The van der Waals surface area contributed by atoms with E-state index in [4.69, 9.17) is 0 Å². The van der Waals surface area contributed by atoms with E-state index in [2.05, 4.69) is 242 Å². The summed E-state index contributed by atoms with van der Waals surface area (Å²) >= 11 is 3.70. The number of rotatable bonds is 4. The van der Waals surface area contributed by atoms with Crippen LogP contribution in [0.15, 0.2) is 238 Å². The van der Waals surface area contributed by atoms with E-state index in [0.717, 1.165) is 11.4 Å². The summed E-state index contributed by atoms with van der Waals surface area (Å²) in [6.45, 7) is 4.78. The van der Waals surface area contributed by atoms with Crippen LogP contribution in [-0.2, 0) is 5.41 Å². The van der Waals surface area contributed by atoms with Crippen molar-refractivity contribution in [1.29, 1.82) is 0 Å². The number of nitrogens with zero attached hydrogens (tertiary/aromatic N) is 2. The first-order chi connectivity index (χ1) is 33.0. The van der Waals surface area contributed by atoms with Crippen LogP contribution in [0.2, 0.25) is 0 Å². The van der Waals surface area contributed by atoms with E-state index in [1.807, 2.05) is 23.5 Å². The van der Waals surface area contributed by atoms with Crippen LogP contribution in [0.5, 0.6) is 0 Å². The molecule has 2 heterocycles. The molecule has 67 heavy (non-hydrogen) atoms. The minimum absolute atomic E-state index is 0.150. The van der Waals surface area contributed by atoms with Gasteiger partial charge in [0.25, 0.3) is 0 Å². The van der Waals surface area contributed by atoms with E-state index in [1.165, 1.54) is 119 Å². The Morgan fingerprint density at radius 1 is 0.328 bits per heavy atom. The van der Waals surface area contributed by atoms with Crippen molar-refractivity contribution in [2.75, 3.05) is 9.80 Å². The largest absolute Gasteiger partial charge is 0.308 e. The predicted molar refractivity (Wildman–Crippen MR) is 285 cm³/mol. The molecule has 2 nitrogen and oxygen atoms in total. The second kappa shape index (κ2) is 14.8. The Morgan fingerprint density at radius 3 is 1.39 bits per heavy atom. The Hall–Kier alpha value is -7.50. The molecule has 4 heteroatoms. The lowest BCUT2D eigenvalue weighted by Gasteiger charge is -2.34. The lowest BCUT2D eigenvalue weighted by Crippen LogP contribution is -2.15. The van der Waals surface area contributed by atoms with Crippen LogP contribution in [0.25, 0.3) is 65.7 Å². The first kappa shape index (κ1) is 38.7. The van der Waals surface area contributed by atoms with E-state index in [-0.39, 0.29) is 5.41 Å². The van der Waals surface area contributed by atoms with E-state index in [1.54, 1.807) is 0 Å². The van der Waals surface area contributed by atoms with Gasteiger partial charge >= 0.3 is 0 Å². The average Bonchev–Trinajstić information content (AvgIpc) is 3.61. The lowest BCUT2D eigenvalue weighted by molar-refractivity contribution is 0.660. The van der Waals surface area contributed by atoms with Gasteiger partial charge in [0.05, 0.1) is 22.7 Å². The van der Waals surface area contributed by atoms with Gasteiger partial charge in [-0.05, 0) is 156 Å². The standard InChI is InChI=1S/C63H42N2S2/c1-63(2)50-20-6-5-18-46(50)62-47(19-15-21-51(62)63)61-45-35-33-42(64-52-22-7-11-26-56(52)66-57-27-12-8-23-53(57)64)37-48(45)60(41-31-30-39-16-3-4-17-40(39)36-41)44-34-32-43(38-49(44)61)65-54-24-9-13-28-58(54)67-59-29-14-10-25-55(59)65/h3-38H,1-2H3. The molecule has 11 aromatic carbocycles. The molecule has 0 N–H and O–H groups in total.